The molecule has 0 bridgehead atoms. The first kappa shape index (κ1) is 11.2. The molecule has 0 radical (unpaired) electrons. The van der Waals surface area contributed by atoms with E-state index in [2.05, 4.69) is 0 Å². The van der Waals surface area contributed by atoms with Gasteiger partial charge < -0.3 is 15.2 Å². The van der Waals surface area contributed by atoms with Crippen LogP contribution in [0.4, 0.5) is 0 Å². The SMILES string of the molecule is NC1(c2ccc3c(c2Cl)OCCCO3)CCC1. The van der Waals surface area contributed by atoms with Gasteiger partial charge in [-0.1, -0.05) is 17.7 Å². The van der Waals surface area contributed by atoms with Gasteiger partial charge in [-0.15, -0.1) is 0 Å². The van der Waals surface area contributed by atoms with Gasteiger partial charge in [0.15, 0.2) is 11.5 Å². The van der Waals surface area contributed by atoms with Crippen molar-refractivity contribution in [2.45, 2.75) is 31.2 Å². The molecule has 3 rings (SSSR count). The Morgan fingerprint density at radius 1 is 1.12 bits per heavy atom. The molecule has 1 saturated carbocycles. The van der Waals surface area contributed by atoms with Crippen LogP contribution in [0, 0.1) is 0 Å². The number of hydrogen-bond acceptors (Lipinski definition) is 3. The number of ether oxygens (including phenoxy) is 2. The van der Waals surface area contributed by atoms with Crippen molar-refractivity contribution < 1.29 is 9.47 Å². The molecular formula is C13H16ClNO2. The third kappa shape index (κ3) is 1.78. The molecule has 0 spiro atoms. The minimum atomic E-state index is -0.262. The normalized spacial score (nSPS) is 21.5. The van der Waals surface area contributed by atoms with Crippen molar-refractivity contribution in [2.75, 3.05) is 13.2 Å². The fourth-order valence-electron chi connectivity index (χ4n) is 2.41. The van der Waals surface area contributed by atoms with Crippen LogP contribution in [0.3, 0.4) is 0 Å². The van der Waals surface area contributed by atoms with Gasteiger partial charge in [0, 0.05) is 12.0 Å². The Labute approximate surface area is 106 Å². The number of benzene rings is 1. The second-order valence-corrected chi connectivity index (χ2v) is 5.19. The number of fused-ring (bicyclic) bond motifs is 1. The molecule has 1 heterocycles. The Balaban J connectivity index is 2.04. The first-order valence-corrected chi connectivity index (χ1v) is 6.46. The van der Waals surface area contributed by atoms with E-state index in [1.165, 1.54) is 6.42 Å². The van der Waals surface area contributed by atoms with Gasteiger partial charge in [-0.3, -0.25) is 0 Å². The molecule has 17 heavy (non-hydrogen) atoms. The topological polar surface area (TPSA) is 44.5 Å². The van der Waals surface area contributed by atoms with Crippen LogP contribution in [0.2, 0.25) is 5.02 Å². The molecule has 4 heteroatoms. The van der Waals surface area contributed by atoms with Crippen LogP contribution < -0.4 is 15.2 Å². The summed E-state index contributed by atoms with van der Waals surface area (Å²) in [4.78, 5) is 0. The van der Waals surface area contributed by atoms with E-state index in [0.29, 0.717) is 24.0 Å². The molecular weight excluding hydrogens is 238 g/mol. The summed E-state index contributed by atoms with van der Waals surface area (Å²) in [5.41, 5.74) is 7.05. The van der Waals surface area contributed by atoms with Gasteiger partial charge in [0.05, 0.1) is 18.2 Å². The predicted octanol–water partition coefficient (Wildman–Crippen LogP) is 2.84. The maximum absolute atomic E-state index is 6.41. The predicted molar refractivity (Wildman–Crippen MR) is 66.8 cm³/mol. The first-order chi connectivity index (χ1) is 8.21. The van der Waals surface area contributed by atoms with E-state index in [1.54, 1.807) is 0 Å². The lowest BCUT2D eigenvalue weighted by Gasteiger charge is -2.39. The molecule has 1 aromatic rings. The summed E-state index contributed by atoms with van der Waals surface area (Å²) in [5.74, 6) is 1.40. The molecule has 0 atom stereocenters. The average Bonchev–Trinajstić information content (AvgIpc) is 2.52. The molecule has 0 amide bonds. The maximum atomic E-state index is 6.41. The summed E-state index contributed by atoms with van der Waals surface area (Å²) < 4.78 is 11.3. The van der Waals surface area contributed by atoms with E-state index in [0.717, 1.165) is 30.6 Å². The zero-order valence-corrected chi connectivity index (χ0v) is 10.4. The lowest BCUT2D eigenvalue weighted by Crippen LogP contribution is -2.43. The lowest BCUT2D eigenvalue weighted by atomic mass is 9.72. The molecule has 92 valence electrons. The van der Waals surface area contributed by atoms with Gasteiger partial charge in [0.2, 0.25) is 0 Å². The lowest BCUT2D eigenvalue weighted by molar-refractivity contribution is 0.252. The molecule has 0 aromatic heterocycles. The molecule has 2 N–H and O–H groups in total. The summed E-state index contributed by atoms with van der Waals surface area (Å²) in [5, 5.41) is 0.631. The highest BCUT2D eigenvalue weighted by Crippen LogP contribution is 2.47. The summed E-state index contributed by atoms with van der Waals surface area (Å²) in [6.45, 7) is 1.32. The van der Waals surface area contributed by atoms with Crippen molar-refractivity contribution in [1.29, 1.82) is 0 Å². The Kier molecular flexibility index (Phi) is 2.68. The first-order valence-electron chi connectivity index (χ1n) is 6.08. The molecule has 0 unspecified atom stereocenters. The van der Waals surface area contributed by atoms with Crippen LogP contribution in [0.25, 0.3) is 0 Å². The van der Waals surface area contributed by atoms with E-state index in [1.807, 2.05) is 12.1 Å². The van der Waals surface area contributed by atoms with E-state index >= 15 is 0 Å². The highest BCUT2D eigenvalue weighted by atomic mass is 35.5. The largest absolute Gasteiger partial charge is 0.490 e. The van der Waals surface area contributed by atoms with E-state index in [9.17, 15) is 0 Å². The number of rotatable bonds is 1. The number of nitrogens with two attached hydrogens (primary N) is 1. The summed E-state index contributed by atoms with van der Waals surface area (Å²) in [6.07, 6.45) is 4.04. The van der Waals surface area contributed by atoms with Crippen molar-refractivity contribution in [3.63, 3.8) is 0 Å². The minimum Gasteiger partial charge on any atom is -0.490 e. The second-order valence-electron chi connectivity index (χ2n) is 4.81. The summed E-state index contributed by atoms with van der Waals surface area (Å²) in [7, 11) is 0. The standard InChI is InChI=1S/C13H16ClNO2/c14-11-9(13(15)5-1-6-13)3-4-10-12(11)17-8-2-7-16-10/h3-4H,1-2,5-8,15H2. The number of hydrogen-bond donors (Lipinski definition) is 1. The smallest absolute Gasteiger partial charge is 0.180 e. The zero-order chi connectivity index (χ0) is 11.9. The summed E-state index contributed by atoms with van der Waals surface area (Å²) in [6, 6.07) is 3.91. The van der Waals surface area contributed by atoms with E-state index in [-0.39, 0.29) is 5.54 Å². The van der Waals surface area contributed by atoms with Gasteiger partial charge in [0.1, 0.15) is 0 Å². The molecule has 1 aliphatic carbocycles. The number of halogens is 1. The van der Waals surface area contributed by atoms with Crippen molar-refractivity contribution >= 4 is 11.6 Å². The molecule has 0 saturated heterocycles. The third-order valence-corrected chi connectivity index (χ3v) is 4.01. The molecule has 2 aliphatic rings. The van der Waals surface area contributed by atoms with Gasteiger partial charge in [-0.05, 0) is 30.9 Å². The van der Waals surface area contributed by atoms with Crippen LogP contribution in [-0.2, 0) is 5.54 Å². The van der Waals surface area contributed by atoms with Gasteiger partial charge in [-0.25, -0.2) is 0 Å². The highest BCUT2D eigenvalue weighted by molar-refractivity contribution is 6.33. The maximum Gasteiger partial charge on any atom is 0.180 e. The van der Waals surface area contributed by atoms with Crippen molar-refractivity contribution in [2.24, 2.45) is 5.73 Å². The van der Waals surface area contributed by atoms with Crippen molar-refractivity contribution in [3.8, 4) is 11.5 Å². The zero-order valence-electron chi connectivity index (χ0n) is 9.67. The fraction of sp³-hybridized carbons (Fsp3) is 0.538. The average molecular weight is 254 g/mol. The Morgan fingerprint density at radius 3 is 2.59 bits per heavy atom. The molecule has 3 nitrogen and oxygen atoms in total. The molecule has 1 aromatic carbocycles. The van der Waals surface area contributed by atoms with Gasteiger partial charge in [0.25, 0.3) is 0 Å². The third-order valence-electron chi connectivity index (χ3n) is 3.64. The van der Waals surface area contributed by atoms with Gasteiger partial charge in [-0.2, -0.15) is 0 Å². The van der Waals surface area contributed by atoms with E-state index in [4.69, 9.17) is 26.8 Å². The monoisotopic (exact) mass is 253 g/mol. The van der Waals surface area contributed by atoms with Gasteiger partial charge >= 0.3 is 0 Å². The minimum absolute atomic E-state index is 0.262. The van der Waals surface area contributed by atoms with Crippen LogP contribution in [0.15, 0.2) is 12.1 Å². The Morgan fingerprint density at radius 2 is 1.88 bits per heavy atom. The highest BCUT2D eigenvalue weighted by Gasteiger charge is 2.37. The molecule has 1 aliphatic heterocycles. The van der Waals surface area contributed by atoms with Crippen LogP contribution in [-0.4, -0.2) is 13.2 Å². The van der Waals surface area contributed by atoms with E-state index < -0.39 is 0 Å². The second kappa shape index (κ2) is 4.07. The van der Waals surface area contributed by atoms with Crippen molar-refractivity contribution in [1.82, 2.24) is 0 Å². The molecule has 1 fully saturated rings. The van der Waals surface area contributed by atoms with Crippen LogP contribution in [0.1, 0.15) is 31.2 Å². The Bertz CT molecular complexity index is 443. The van der Waals surface area contributed by atoms with Crippen LogP contribution >= 0.6 is 11.6 Å². The van der Waals surface area contributed by atoms with Crippen LogP contribution in [0.5, 0.6) is 11.5 Å². The quantitative estimate of drug-likeness (QED) is 0.837. The Hall–Kier alpha value is -0.930. The summed E-state index contributed by atoms with van der Waals surface area (Å²) >= 11 is 6.41. The fourth-order valence-corrected chi connectivity index (χ4v) is 2.81. The van der Waals surface area contributed by atoms with Crippen molar-refractivity contribution in [3.05, 3.63) is 22.7 Å².